The SMILES string of the molecule is COc1ccc(CN2CCc3c(Cl)cc(C(OC)C4CNC4)c(Cl)c3C2=O)c(OC)c1. The largest absolute Gasteiger partial charge is 0.497 e. The van der Waals surface area contributed by atoms with E-state index in [-0.39, 0.29) is 12.0 Å². The molecule has 0 aromatic heterocycles. The summed E-state index contributed by atoms with van der Waals surface area (Å²) in [6.45, 7) is 2.66. The van der Waals surface area contributed by atoms with E-state index < -0.39 is 0 Å². The predicted octanol–water partition coefficient (Wildman–Crippen LogP) is 4.12. The van der Waals surface area contributed by atoms with E-state index in [2.05, 4.69) is 5.32 Å². The number of fused-ring (bicyclic) bond motifs is 1. The monoisotopic (exact) mass is 464 g/mol. The molecule has 0 aliphatic carbocycles. The van der Waals surface area contributed by atoms with Crippen LogP contribution in [0.1, 0.15) is 33.2 Å². The number of hydrogen-bond donors (Lipinski definition) is 1. The molecular weight excluding hydrogens is 439 g/mol. The first-order valence-corrected chi connectivity index (χ1v) is 11.0. The van der Waals surface area contributed by atoms with Crippen molar-refractivity contribution in [2.75, 3.05) is 41.0 Å². The van der Waals surface area contributed by atoms with Crippen molar-refractivity contribution in [2.24, 2.45) is 5.92 Å². The molecule has 4 rings (SSSR count). The molecule has 1 fully saturated rings. The Morgan fingerprint density at radius 1 is 1.16 bits per heavy atom. The third kappa shape index (κ3) is 4.10. The number of rotatable bonds is 7. The quantitative estimate of drug-likeness (QED) is 0.667. The Morgan fingerprint density at radius 3 is 2.55 bits per heavy atom. The summed E-state index contributed by atoms with van der Waals surface area (Å²) in [5.74, 6) is 1.55. The number of benzene rings is 2. The molecule has 0 spiro atoms. The van der Waals surface area contributed by atoms with Crippen LogP contribution in [-0.2, 0) is 17.7 Å². The van der Waals surface area contributed by atoms with E-state index >= 15 is 0 Å². The van der Waals surface area contributed by atoms with Crippen LogP contribution in [0.25, 0.3) is 0 Å². The zero-order valence-corrected chi connectivity index (χ0v) is 19.3. The maximum atomic E-state index is 13.5. The molecule has 31 heavy (non-hydrogen) atoms. The van der Waals surface area contributed by atoms with Gasteiger partial charge >= 0.3 is 0 Å². The van der Waals surface area contributed by atoms with Crippen molar-refractivity contribution in [1.82, 2.24) is 10.2 Å². The van der Waals surface area contributed by atoms with Crippen LogP contribution in [-0.4, -0.2) is 51.8 Å². The number of nitrogens with zero attached hydrogens (tertiary/aromatic N) is 1. The van der Waals surface area contributed by atoms with E-state index in [4.69, 9.17) is 37.4 Å². The van der Waals surface area contributed by atoms with Gasteiger partial charge in [0.15, 0.2) is 0 Å². The summed E-state index contributed by atoms with van der Waals surface area (Å²) >= 11 is 13.4. The molecule has 1 unspecified atom stereocenters. The fourth-order valence-electron chi connectivity index (χ4n) is 4.30. The first-order valence-electron chi connectivity index (χ1n) is 10.2. The van der Waals surface area contributed by atoms with Crippen LogP contribution >= 0.6 is 23.2 Å². The normalized spacial score (nSPS) is 17.2. The molecule has 2 aromatic rings. The van der Waals surface area contributed by atoms with Gasteiger partial charge in [0.2, 0.25) is 0 Å². The number of nitrogens with one attached hydrogen (secondary N) is 1. The molecule has 0 saturated carbocycles. The summed E-state index contributed by atoms with van der Waals surface area (Å²) in [6.07, 6.45) is 0.433. The van der Waals surface area contributed by atoms with Crippen molar-refractivity contribution in [1.29, 1.82) is 0 Å². The van der Waals surface area contributed by atoms with E-state index in [1.165, 1.54) is 0 Å². The Labute approximate surface area is 192 Å². The zero-order valence-electron chi connectivity index (χ0n) is 17.8. The van der Waals surface area contributed by atoms with Crippen LogP contribution in [0.5, 0.6) is 11.5 Å². The van der Waals surface area contributed by atoms with Crippen molar-refractivity contribution in [2.45, 2.75) is 19.1 Å². The Morgan fingerprint density at radius 2 is 1.94 bits per heavy atom. The minimum atomic E-state index is -0.207. The first-order chi connectivity index (χ1) is 15.0. The highest BCUT2D eigenvalue weighted by Gasteiger charge is 2.35. The molecule has 8 heteroatoms. The molecule has 0 bridgehead atoms. The topological polar surface area (TPSA) is 60.0 Å². The smallest absolute Gasteiger partial charge is 0.256 e. The van der Waals surface area contributed by atoms with Crippen molar-refractivity contribution in [3.05, 3.63) is 56.6 Å². The Balaban J connectivity index is 1.67. The zero-order chi connectivity index (χ0) is 22.1. The molecule has 1 saturated heterocycles. The Bertz CT molecular complexity index is 994. The molecule has 166 valence electrons. The third-order valence-electron chi connectivity index (χ3n) is 6.14. The Hall–Kier alpha value is -1.99. The molecule has 2 aliphatic heterocycles. The van der Waals surface area contributed by atoms with Crippen LogP contribution in [0.4, 0.5) is 0 Å². The molecule has 0 radical (unpaired) electrons. The van der Waals surface area contributed by atoms with Gasteiger partial charge in [-0.2, -0.15) is 0 Å². The second-order valence-corrected chi connectivity index (χ2v) is 8.63. The maximum absolute atomic E-state index is 13.5. The van der Waals surface area contributed by atoms with Crippen LogP contribution in [0.15, 0.2) is 24.3 Å². The summed E-state index contributed by atoms with van der Waals surface area (Å²) in [6, 6.07) is 7.45. The second-order valence-electron chi connectivity index (χ2n) is 7.84. The number of carbonyl (C=O) groups excluding carboxylic acids is 1. The summed E-state index contributed by atoms with van der Waals surface area (Å²) in [7, 11) is 4.88. The highest BCUT2D eigenvalue weighted by atomic mass is 35.5. The fourth-order valence-corrected chi connectivity index (χ4v) is 4.96. The van der Waals surface area contributed by atoms with Crippen LogP contribution in [0.3, 0.4) is 0 Å². The second kappa shape index (κ2) is 9.25. The van der Waals surface area contributed by atoms with E-state index in [1.54, 1.807) is 26.2 Å². The molecule has 1 N–H and O–H groups in total. The lowest BCUT2D eigenvalue weighted by atomic mass is 9.87. The lowest BCUT2D eigenvalue weighted by Gasteiger charge is -2.36. The van der Waals surface area contributed by atoms with Gasteiger partial charge in [0.05, 0.1) is 30.9 Å². The lowest BCUT2D eigenvalue weighted by Crippen LogP contribution is -2.46. The van der Waals surface area contributed by atoms with E-state index in [0.29, 0.717) is 52.5 Å². The Kier molecular flexibility index (Phi) is 6.63. The number of ether oxygens (including phenoxy) is 3. The van der Waals surface area contributed by atoms with Crippen LogP contribution < -0.4 is 14.8 Å². The van der Waals surface area contributed by atoms with Gasteiger partial charge in [-0.05, 0) is 30.2 Å². The predicted molar refractivity (Wildman–Crippen MR) is 121 cm³/mol. The van der Waals surface area contributed by atoms with E-state index in [9.17, 15) is 4.79 Å². The number of halogens is 2. The molecular formula is C23H26Cl2N2O4. The summed E-state index contributed by atoms with van der Waals surface area (Å²) in [4.78, 5) is 15.3. The summed E-state index contributed by atoms with van der Waals surface area (Å²) < 4.78 is 16.5. The lowest BCUT2D eigenvalue weighted by molar-refractivity contribution is 0.0292. The average molecular weight is 465 g/mol. The van der Waals surface area contributed by atoms with Gasteiger partial charge in [0.1, 0.15) is 11.5 Å². The van der Waals surface area contributed by atoms with Gasteiger partial charge in [0, 0.05) is 61.4 Å². The third-order valence-corrected chi connectivity index (χ3v) is 6.88. The number of methoxy groups -OCH3 is 3. The minimum Gasteiger partial charge on any atom is -0.497 e. The van der Waals surface area contributed by atoms with Gasteiger partial charge in [-0.25, -0.2) is 0 Å². The van der Waals surface area contributed by atoms with Crippen molar-refractivity contribution >= 4 is 29.1 Å². The van der Waals surface area contributed by atoms with E-state index in [0.717, 1.165) is 29.8 Å². The molecule has 1 atom stereocenters. The molecule has 2 heterocycles. The number of carbonyl (C=O) groups is 1. The first kappa shape index (κ1) is 22.2. The van der Waals surface area contributed by atoms with Gasteiger partial charge in [-0.1, -0.05) is 23.2 Å². The van der Waals surface area contributed by atoms with Crippen molar-refractivity contribution in [3.63, 3.8) is 0 Å². The highest BCUT2D eigenvalue weighted by molar-refractivity contribution is 6.37. The molecule has 2 aromatic carbocycles. The van der Waals surface area contributed by atoms with Crippen molar-refractivity contribution in [3.8, 4) is 11.5 Å². The maximum Gasteiger partial charge on any atom is 0.256 e. The fraction of sp³-hybridized carbons (Fsp3) is 0.435. The van der Waals surface area contributed by atoms with Crippen molar-refractivity contribution < 1.29 is 19.0 Å². The molecule has 2 aliphatic rings. The minimum absolute atomic E-state index is 0.130. The van der Waals surface area contributed by atoms with Crippen LogP contribution in [0.2, 0.25) is 10.0 Å². The molecule has 6 nitrogen and oxygen atoms in total. The average Bonchev–Trinajstić information content (AvgIpc) is 2.74. The highest BCUT2D eigenvalue weighted by Crippen LogP contribution is 2.41. The van der Waals surface area contributed by atoms with Gasteiger partial charge < -0.3 is 24.4 Å². The molecule has 1 amide bonds. The number of hydrogen-bond acceptors (Lipinski definition) is 5. The standard InChI is InChI=1S/C23H26Cl2N2O4/c1-29-15-5-4-13(19(8-15)30-2)12-27-7-6-16-18(24)9-17(21(25)20(16)23(27)28)22(31-3)14-10-26-11-14/h4-5,8-9,14,22,26H,6-7,10-12H2,1-3H3. The van der Waals surface area contributed by atoms with Gasteiger partial charge in [-0.15, -0.1) is 0 Å². The van der Waals surface area contributed by atoms with Crippen LogP contribution in [0, 0.1) is 5.92 Å². The summed E-state index contributed by atoms with van der Waals surface area (Å²) in [5.41, 5.74) is 2.96. The number of amides is 1. The van der Waals surface area contributed by atoms with Gasteiger partial charge in [-0.3, -0.25) is 4.79 Å². The van der Waals surface area contributed by atoms with Gasteiger partial charge in [0.25, 0.3) is 5.91 Å². The summed E-state index contributed by atoms with van der Waals surface area (Å²) in [5, 5.41) is 4.26. The van der Waals surface area contributed by atoms with E-state index in [1.807, 2.05) is 24.3 Å².